The minimum atomic E-state index is -0.556. The van der Waals surface area contributed by atoms with Gasteiger partial charge in [0.2, 0.25) is 0 Å². The molecule has 0 saturated carbocycles. The Kier molecular flexibility index (Phi) is 11.2. The minimum Gasteiger partial charge on any atom is -0.492 e. The maximum atomic E-state index is 11.2. The van der Waals surface area contributed by atoms with Crippen LogP contribution in [0.1, 0.15) is 81.5 Å². The number of carbonyl (C=O) groups is 1. The first kappa shape index (κ1) is 20.3. The Morgan fingerprint density at radius 2 is 1.52 bits per heavy atom. The fourth-order valence-corrected chi connectivity index (χ4v) is 3.02. The lowest BCUT2D eigenvalue weighted by molar-refractivity contribution is 0.108. The number of hydrogen-bond donors (Lipinski definition) is 0. The van der Waals surface area contributed by atoms with E-state index in [0.717, 1.165) is 6.42 Å². The highest BCUT2D eigenvalue weighted by Gasteiger charge is 2.11. The molecule has 0 aliphatic heterocycles. The molecule has 1 aromatic rings. The molecular formula is C19H28Cl2O2. The van der Waals surface area contributed by atoms with Crippen LogP contribution in [-0.4, -0.2) is 11.8 Å². The van der Waals surface area contributed by atoms with E-state index in [1.54, 1.807) is 18.2 Å². The maximum Gasteiger partial charge on any atom is 0.254 e. The van der Waals surface area contributed by atoms with Crippen LogP contribution in [0, 0.1) is 0 Å². The van der Waals surface area contributed by atoms with Crippen molar-refractivity contribution in [1.82, 2.24) is 0 Å². The van der Waals surface area contributed by atoms with Crippen LogP contribution >= 0.6 is 23.2 Å². The molecule has 130 valence electrons. The molecule has 0 aliphatic carbocycles. The van der Waals surface area contributed by atoms with Gasteiger partial charge in [-0.25, -0.2) is 0 Å². The van der Waals surface area contributed by atoms with E-state index >= 15 is 0 Å². The molecule has 2 nitrogen and oxygen atoms in total. The molecule has 0 fully saturated rings. The summed E-state index contributed by atoms with van der Waals surface area (Å²) in [5.41, 5.74) is 0.300. The zero-order valence-electron chi connectivity index (χ0n) is 14.1. The fraction of sp³-hybridized carbons (Fsp3) is 0.632. The number of hydrogen-bond acceptors (Lipinski definition) is 2. The molecule has 0 bridgehead atoms. The summed E-state index contributed by atoms with van der Waals surface area (Å²) in [6.45, 7) is 2.87. The van der Waals surface area contributed by atoms with Gasteiger partial charge in [-0.1, -0.05) is 82.4 Å². The SMILES string of the molecule is CCCCCCCCCCCCOc1cccc(C(=O)Cl)c1Cl. The van der Waals surface area contributed by atoms with Crippen LogP contribution in [0.3, 0.4) is 0 Å². The standard InChI is InChI=1S/C19H28Cl2O2/c1-2-3-4-5-6-7-8-9-10-11-15-23-17-14-12-13-16(18(17)20)19(21)22/h12-14H,2-11,15H2,1H3. The van der Waals surface area contributed by atoms with Gasteiger partial charge in [-0.2, -0.15) is 0 Å². The van der Waals surface area contributed by atoms with Crippen LogP contribution in [0.5, 0.6) is 5.75 Å². The highest BCUT2D eigenvalue weighted by molar-refractivity contribution is 6.68. The van der Waals surface area contributed by atoms with Crippen LogP contribution in [0.15, 0.2) is 18.2 Å². The largest absolute Gasteiger partial charge is 0.492 e. The van der Waals surface area contributed by atoms with Gasteiger partial charge in [0.15, 0.2) is 0 Å². The first-order valence-electron chi connectivity index (χ1n) is 8.78. The molecular weight excluding hydrogens is 331 g/mol. The molecule has 0 amide bonds. The molecule has 0 unspecified atom stereocenters. The van der Waals surface area contributed by atoms with E-state index in [0.29, 0.717) is 22.9 Å². The van der Waals surface area contributed by atoms with Gasteiger partial charge < -0.3 is 4.74 Å². The van der Waals surface area contributed by atoms with Crippen LogP contribution in [0.25, 0.3) is 0 Å². The van der Waals surface area contributed by atoms with Crippen molar-refractivity contribution in [2.24, 2.45) is 0 Å². The van der Waals surface area contributed by atoms with Crippen LogP contribution in [0.4, 0.5) is 0 Å². The third-order valence-corrected chi connectivity index (χ3v) is 4.52. The van der Waals surface area contributed by atoms with Crippen molar-refractivity contribution in [3.05, 3.63) is 28.8 Å². The van der Waals surface area contributed by atoms with E-state index in [1.807, 2.05) is 0 Å². The van der Waals surface area contributed by atoms with Crippen LogP contribution in [-0.2, 0) is 0 Å². The Hall–Kier alpha value is -0.730. The molecule has 1 rings (SSSR count). The average Bonchev–Trinajstić information content (AvgIpc) is 2.53. The first-order valence-corrected chi connectivity index (χ1v) is 9.53. The third kappa shape index (κ3) is 8.62. The number of ether oxygens (including phenoxy) is 1. The maximum absolute atomic E-state index is 11.2. The van der Waals surface area contributed by atoms with E-state index in [1.165, 1.54) is 57.8 Å². The zero-order chi connectivity index (χ0) is 16.9. The Morgan fingerprint density at radius 3 is 2.09 bits per heavy atom. The number of rotatable bonds is 13. The molecule has 0 aliphatic rings. The molecule has 1 aromatic carbocycles. The summed E-state index contributed by atoms with van der Waals surface area (Å²) in [5.74, 6) is 0.536. The number of halogens is 2. The van der Waals surface area contributed by atoms with Crippen LogP contribution < -0.4 is 4.74 Å². The smallest absolute Gasteiger partial charge is 0.254 e. The third-order valence-electron chi connectivity index (χ3n) is 3.93. The topological polar surface area (TPSA) is 26.3 Å². The average molecular weight is 359 g/mol. The minimum absolute atomic E-state index is 0.300. The Balaban J connectivity index is 2.07. The van der Waals surface area contributed by atoms with Gasteiger partial charge in [-0.15, -0.1) is 0 Å². The van der Waals surface area contributed by atoms with Crippen molar-refractivity contribution in [1.29, 1.82) is 0 Å². The van der Waals surface area contributed by atoms with Crippen LogP contribution in [0.2, 0.25) is 5.02 Å². The first-order chi connectivity index (χ1) is 11.2. The van der Waals surface area contributed by atoms with E-state index in [9.17, 15) is 4.79 Å². The molecule has 23 heavy (non-hydrogen) atoms. The summed E-state index contributed by atoms with van der Waals surface area (Å²) in [5, 5.41) is -0.251. The Bertz CT molecular complexity index is 461. The van der Waals surface area contributed by atoms with Gasteiger partial charge in [-0.05, 0) is 30.2 Å². The van der Waals surface area contributed by atoms with Gasteiger partial charge in [0, 0.05) is 0 Å². The van der Waals surface area contributed by atoms with Gasteiger partial charge in [0.1, 0.15) is 5.75 Å². The summed E-state index contributed by atoms with van der Waals surface area (Å²) in [4.78, 5) is 11.2. The molecule has 4 heteroatoms. The predicted molar refractivity (Wildman–Crippen MR) is 99.0 cm³/mol. The molecule has 0 spiro atoms. The zero-order valence-corrected chi connectivity index (χ0v) is 15.6. The van der Waals surface area contributed by atoms with E-state index < -0.39 is 5.24 Å². The fourth-order valence-electron chi connectivity index (χ4n) is 2.55. The summed E-state index contributed by atoms with van der Waals surface area (Å²) in [6.07, 6.45) is 12.9. The monoisotopic (exact) mass is 358 g/mol. The van der Waals surface area contributed by atoms with Crippen molar-refractivity contribution >= 4 is 28.4 Å². The van der Waals surface area contributed by atoms with E-state index in [2.05, 4.69) is 6.92 Å². The normalized spacial score (nSPS) is 10.7. The molecule has 0 heterocycles. The van der Waals surface area contributed by atoms with Crippen molar-refractivity contribution in [3.63, 3.8) is 0 Å². The predicted octanol–water partition coefficient (Wildman–Crippen LogP) is 7.02. The lowest BCUT2D eigenvalue weighted by Gasteiger charge is -2.09. The summed E-state index contributed by atoms with van der Waals surface area (Å²) in [6, 6.07) is 5.10. The highest BCUT2D eigenvalue weighted by Crippen LogP contribution is 2.29. The second-order valence-corrected chi connectivity index (χ2v) is 6.64. The number of unbranched alkanes of at least 4 members (excludes halogenated alkanes) is 9. The second kappa shape index (κ2) is 12.7. The lowest BCUT2D eigenvalue weighted by atomic mass is 10.1. The number of benzene rings is 1. The van der Waals surface area contributed by atoms with Crippen molar-refractivity contribution in [2.75, 3.05) is 6.61 Å². The van der Waals surface area contributed by atoms with Gasteiger partial charge in [0.25, 0.3) is 5.24 Å². The summed E-state index contributed by atoms with van der Waals surface area (Å²) in [7, 11) is 0. The summed E-state index contributed by atoms with van der Waals surface area (Å²) >= 11 is 11.6. The molecule has 0 N–H and O–H groups in total. The van der Waals surface area contributed by atoms with Gasteiger partial charge in [0.05, 0.1) is 17.2 Å². The Labute approximate surface area is 150 Å². The number of carbonyl (C=O) groups excluding carboxylic acids is 1. The molecule has 0 atom stereocenters. The van der Waals surface area contributed by atoms with Gasteiger partial charge in [-0.3, -0.25) is 4.79 Å². The quantitative estimate of drug-likeness (QED) is 0.279. The van der Waals surface area contributed by atoms with Crippen molar-refractivity contribution in [2.45, 2.75) is 71.1 Å². The summed E-state index contributed by atoms with van der Waals surface area (Å²) < 4.78 is 5.66. The molecule has 0 radical (unpaired) electrons. The Morgan fingerprint density at radius 1 is 0.957 bits per heavy atom. The lowest BCUT2D eigenvalue weighted by Crippen LogP contribution is -2.00. The van der Waals surface area contributed by atoms with E-state index in [-0.39, 0.29) is 0 Å². The van der Waals surface area contributed by atoms with Crippen molar-refractivity contribution < 1.29 is 9.53 Å². The van der Waals surface area contributed by atoms with E-state index in [4.69, 9.17) is 27.9 Å². The molecule has 0 aromatic heterocycles. The molecule has 0 saturated heterocycles. The second-order valence-electron chi connectivity index (χ2n) is 5.92. The van der Waals surface area contributed by atoms with Crippen molar-refractivity contribution in [3.8, 4) is 5.75 Å². The van der Waals surface area contributed by atoms with Gasteiger partial charge >= 0.3 is 0 Å². The highest BCUT2D eigenvalue weighted by atomic mass is 35.5.